The van der Waals surface area contributed by atoms with Gasteiger partial charge in [-0.3, -0.25) is 14.9 Å². The molecule has 0 aliphatic rings. The van der Waals surface area contributed by atoms with E-state index in [1.807, 2.05) is 24.3 Å². The summed E-state index contributed by atoms with van der Waals surface area (Å²) >= 11 is 0. The van der Waals surface area contributed by atoms with E-state index in [9.17, 15) is 19.7 Å². The largest absolute Gasteiger partial charge is 0.496 e. The maximum absolute atomic E-state index is 12.6. The molecule has 0 aromatic heterocycles. The Morgan fingerprint density at radius 3 is 2.38 bits per heavy atom. The van der Waals surface area contributed by atoms with Gasteiger partial charge in [0, 0.05) is 17.8 Å². The van der Waals surface area contributed by atoms with Gasteiger partial charge in [0.2, 0.25) is 0 Å². The van der Waals surface area contributed by atoms with Gasteiger partial charge in [-0.1, -0.05) is 30.3 Å². The van der Waals surface area contributed by atoms with Gasteiger partial charge >= 0.3 is 5.97 Å². The quantitative estimate of drug-likeness (QED) is 0.385. The minimum atomic E-state index is -1.13. The Hall–Kier alpha value is -3.94. The van der Waals surface area contributed by atoms with Gasteiger partial charge in [-0.2, -0.15) is 0 Å². The van der Waals surface area contributed by atoms with Gasteiger partial charge in [-0.05, 0) is 35.9 Å². The van der Waals surface area contributed by atoms with E-state index in [0.29, 0.717) is 5.75 Å². The van der Waals surface area contributed by atoms with Crippen LogP contribution in [0, 0.1) is 10.1 Å². The predicted octanol–water partition coefficient (Wildman–Crippen LogP) is 3.94. The van der Waals surface area contributed by atoms with E-state index < -0.39 is 22.9 Å². The fraction of sp³-hybridized carbons (Fsp3) is 0.143. The minimum absolute atomic E-state index is 0.159. The third-order valence-corrected chi connectivity index (χ3v) is 4.27. The molecule has 0 aliphatic carbocycles. The maximum atomic E-state index is 12.6. The predicted molar refractivity (Wildman–Crippen MR) is 107 cm³/mol. The van der Waals surface area contributed by atoms with Crippen molar-refractivity contribution in [3.05, 3.63) is 76.3 Å². The molecule has 0 heterocycles. The van der Waals surface area contributed by atoms with Crippen molar-refractivity contribution < 1.29 is 24.0 Å². The Bertz CT molecular complexity index is 1100. The number of nitrogens with zero attached hydrogens (tertiary/aromatic N) is 1. The highest BCUT2D eigenvalue weighted by molar-refractivity contribution is 6.01. The molecule has 0 saturated heterocycles. The number of carbonyl (C=O) groups is 2. The number of nitro groups is 1. The van der Waals surface area contributed by atoms with E-state index in [4.69, 9.17) is 9.47 Å². The molecule has 0 aliphatic heterocycles. The number of hydrogen-bond donors (Lipinski definition) is 1. The molecule has 1 N–H and O–H groups in total. The van der Waals surface area contributed by atoms with E-state index in [1.54, 1.807) is 12.1 Å². The van der Waals surface area contributed by atoms with Gasteiger partial charge in [0.25, 0.3) is 11.6 Å². The Labute approximate surface area is 166 Å². The first-order chi connectivity index (χ1) is 13.9. The summed E-state index contributed by atoms with van der Waals surface area (Å²) in [6.45, 7) is 1.41. The molecule has 8 heteroatoms. The topological polar surface area (TPSA) is 108 Å². The fourth-order valence-corrected chi connectivity index (χ4v) is 2.77. The average Bonchev–Trinajstić information content (AvgIpc) is 2.72. The maximum Gasteiger partial charge on any atom is 0.342 e. The molecule has 8 nitrogen and oxygen atoms in total. The van der Waals surface area contributed by atoms with Crippen LogP contribution in [0.4, 0.5) is 11.4 Å². The SMILES string of the molecule is COc1cc2ccccc2cc1C(=O)O[C@@H](C)C(=O)Nc1cccc([N+](=O)[O-])c1. The first-order valence-corrected chi connectivity index (χ1v) is 8.72. The average molecular weight is 394 g/mol. The summed E-state index contributed by atoms with van der Waals surface area (Å²) in [5.74, 6) is -0.993. The second-order valence-corrected chi connectivity index (χ2v) is 6.24. The van der Waals surface area contributed by atoms with Crippen LogP contribution in [0.1, 0.15) is 17.3 Å². The first-order valence-electron chi connectivity index (χ1n) is 8.72. The molecule has 148 valence electrons. The van der Waals surface area contributed by atoms with E-state index in [1.165, 1.54) is 38.3 Å². The number of rotatable bonds is 6. The van der Waals surface area contributed by atoms with Gasteiger partial charge in [-0.25, -0.2) is 4.79 Å². The second-order valence-electron chi connectivity index (χ2n) is 6.24. The molecule has 29 heavy (non-hydrogen) atoms. The number of nitrogens with one attached hydrogen (secondary N) is 1. The molecular formula is C21H18N2O6. The Morgan fingerprint density at radius 2 is 1.72 bits per heavy atom. The lowest BCUT2D eigenvalue weighted by Gasteiger charge is -2.15. The fourth-order valence-electron chi connectivity index (χ4n) is 2.77. The van der Waals surface area contributed by atoms with Gasteiger partial charge in [0.1, 0.15) is 11.3 Å². The van der Waals surface area contributed by atoms with Crippen molar-refractivity contribution in [3.8, 4) is 5.75 Å². The van der Waals surface area contributed by atoms with Crippen LogP contribution >= 0.6 is 0 Å². The monoisotopic (exact) mass is 394 g/mol. The second kappa shape index (κ2) is 8.39. The number of methoxy groups -OCH3 is 1. The summed E-state index contributed by atoms with van der Waals surface area (Å²) in [7, 11) is 1.44. The zero-order valence-electron chi connectivity index (χ0n) is 15.7. The van der Waals surface area contributed by atoms with Crippen LogP contribution in [0.5, 0.6) is 5.75 Å². The molecule has 0 unspecified atom stereocenters. The van der Waals surface area contributed by atoms with Crippen LogP contribution in [0.15, 0.2) is 60.7 Å². The third kappa shape index (κ3) is 4.49. The molecule has 3 aromatic rings. The summed E-state index contributed by atoms with van der Waals surface area (Å²) in [4.78, 5) is 35.2. The van der Waals surface area contributed by atoms with Crippen LogP contribution in [0.2, 0.25) is 0 Å². The van der Waals surface area contributed by atoms with Gasteiger partial charge in [-0.15, -0.1) is 0 Å². The standard InChI is InChI=1S/C21H18N2O6/c1-13(20(24)22-16-8-5-9-17(12-16)23(26)27)29-21(25)18-10-14-6-3-4-7-15(14)11-19(18)28-2/h3-13H,1-2H3,(H,22,24)/t13-/m0/s1. The van der Waals surface area contributed by atoms with Crippen molar-refractivity contribution >= 4 is 34.0 Å². The lowest BCUT2D eigenvalue weighted by atomic mass is 10.1. The number of non-ortho nitro benzene ring substituents is 1. The van der Waals surface area contributed by atoms with Gasteiger partial charge in [0.15, 0.2) is 6.10 Å². The Balaban J connectivity index is 1.74. The summed E-state index contributed by atoms with van der Waals surface area (Å²) < 4.78 is 10.6. The number of benzene rings is 3. The van der Waals surface area contributed by atoms with Crippen molar-refractivity contribution in [2.75, 3.05) is 12.4 Å². The van der Waals surface area contributed by atoms with Crippen molar-refractivity contribution in [3.63, 3.8) is 0 Å². The number of carbonyl (C=O) groups excluding carboxylic acids is 2. The lowest BCUT2D eigenvalue weighted by Crippen LogP contribution is -2.30. The van der Waals surface area contributed by atoms with E-state index in [0.717, 1.165) is 10.8 Å². The number of hydrogen-bond acceptors (Lipinski definition) is 6. The molecule has 0 fully saturated rings. The number of fused-ring (bicyclic) bond motifs is 1. The van der Waals surface area contributed by atoms with Crippen LogP contribution in [0.25, 0.3) is 10.8 Å². The first kappa shape index (κ1) is 19.8. The van der Waals surface area contributed by atoms with Crippen LogP contribution in [-0.4, -0.2) is 30.0 Å². The zero-order chi connectivity index (χ0) is 21.0. The van der Waals surface area contributed by atoms with Gasteiger partial charge < -0.3 is 14.8 Å². The van der Waals surface area contributed by atoms with E-state index >= 15 is 0 Å². The molecule has 0 spiro atoms. The summed E-state index contributed by atoms with van der Waals surface area (Å²) in [6, 6.07) is 16.3. The van der Waals surface area contributed by atoms with Crippen molar-refractivity contribution in [1.82, 2.24) is 0 Å². The molecule has 0 saturated carbocycles. The zero-order valence-corrected chi connectivity index (χ0v) is 15.7. The molecule has 1 atom stereocenters. The number of anilines is 1. The highest BCUT2D eigenvalue weighted by Gasteiger charge is 2.22. The molecule has 0 bridgehead atoms. The molecule has 3 rings (SSSR count). The highest BCUT2D eigenvalue weighted by atomic mass is 16.6. The summed E-state index contributed by atoms with van der Waals surface area (Å²) in [5, 5.41) is 15.1. The minimum Gasteiger partial charge on any atom is -0.496 e. The van der Waals surface area contributed by atoms with Crippen molar-refractivity contribution in [2.24, 2.45) is 0 Å². The number of amides is 1. The number of nitro benzene ring substituents is 1. The lowest BCUT2D eigenvalue weighted by molar-refractivity contribution is -0.384. The smallest absolute Gasteiger partial charge is 0.342 e. The van der Waals surface area contributed by atoms with E-state index in [2.05, 4.69) is 5.32 Å². The van der Waals surface area contributed by atoms with Crippen molar-refractivity contribution in [2.45, 2.75) is 13.0 Å². The summed E-state index contributed by atoms with van der Waals surface area (Å²) in [5.41, 5.74) is 0.268. The Kier molecular flexibility index (Phi) is 5.73. The molecule has 3 aromatic carbocycles. The molecule has 1 amide bonds. The van der Waals surface area contributed by atoms with Crippen LogP contribution in [-0.2, 0) is 9.53 Å². The Morgan fingerprint density at radius 1 is 1.03 bits per heavy atom. The van der Waals surface area contributed by atoms with Crippen LogP contribution < -0.4 is 10.1 Å². The number of ether oxygens (including phenoxy) is 2. The van der Waals surface area contributed by atoms with E-state index in [-0.39, 0.29) is 16.9 Å². The van der Waals surface area contributed by atoms with Gasteiger partial charge in [0.05, 0.1) is 12.0 Å². The third-order valence-electron chi connectivity index (χ3n) is 4.27. The van der Waals surface area contributed by atoms with Crippen LogP contribution in [0.3, 0.4) is 0 Å². The number of esters is 1. The molecular weight excluding hydrogens is 376 g/mol. The molecule has 0 radical (unpaired) electrons. The van der Waals surface area contributed by atoms with Crippen molar-refractivity contribution in [1.29, 1.82) is 0 Å². The summed E-state index contributed by atoms with van der Waals surface area (Å²) in [6.07, 6.45) is -1.13. The normalized spacial score (nSPS) is 11.5. The highest BCUT2D eigenvalue weighted by Crippen LogP contribution is 2.27.